The lowest BCUT2D eigenvalue weighted by atomic mass is 9.62. The molecule has 1 aliphatic carbocycles. The molecule has 1 saturated carbocycles. The SMILES string of the molecule is CC12CCC(C(=O)N(CCCC(=O)Nc3ccc4c(c3)OCO4)C1=O)C2(C)C. The van der Waals surface area contributed by atoms with Gasteiger partial charge in [-0.25, -0.2) is 0 Å². The molecular weight excluding hydrogens is 360 g/mol. The van der Waals surface area contributed by atoms with Crippen LogP contribution in [0, 0.1) is 16.7 Å². The number of anilines is 1. The third-order valence-corrected chi connectivity index (χ3v) is 6.95. The van der Waals surface area contributed by atoms with E-state index in [1.54, 1.807) is 18.2 Å². The zero-order valence-electron chi connectivity index (χ0n) is 16.5. The van der Waals surface area contributed by atoms with Crippen LogP contribution in [0.3, 0.4) is 0 Å². The molecule has 2 aliphatic heterocycles. The molecular formula is C21H26N2O5. The standard InChI is InChI=1S/C21H26N2O5/c1-20(2)14-8-9-21(20,3)19(26)23(18(14)25)10-4-5-17(24)22-13-6-7-15-16(11-13)28-12-27-15/h6-7,11,14H,4-5,8-10,12H2,1-3H3,(H,22,24). The van der Waals surface area contributed by atoms with Gasteiger partial charge in [0.25, 0.3) is 0 Å². The number of imide groups is 1. The second-order valence-electron chi connectivity index (χ2n) is 8.66. The van der Waals surface area contributed by atoms with Crippen molar-refractivity contribution in [2.45, 2.75) is 46.5 Å². The fourth-order valence-electron chi connectivity index (χ4n) is 4.71. The number of nitrogens with zero attached hydrogens (tertiary/aromatic N) is 1. The highest BCUT2D eigenvalue weighted by molar-refractivity contribution is 6.03. The predicted octanol–water partition coefficient (Wildman–Crippen LogP) is 2.95. The van der Waals surface area contributed by atoms with E-state index < -0.39 is 5.41 Å². The number of amides is 3. The molecule has 2 unspecified atom stereocenters. The molecule has 0 aromatic heterocycles. The molecule has 7 heteroatoms. The van der Waals surface area contributed by atoms with Gasteiger partial charge in [0.2, 0.25) is 24.5 Å². The second kappa shape index (κ2) is 6.50. The monoisotopic (exact) mass is 386 g/mol. The minimum Gasteiger partial charge on any atom is -0.454 e. The molecule has 2 fully saturated rings. The van der Waals surface area contributed by atoms with Gasteiger partial charge in [-0.2, -0.15) is 0 Å². The molecule has 3 aliphatic rings. The largest absolute Gasteiger partial charge is 0.454 e. The highest BCUT2D eigenvalue weighted by Gasteiger charge is 2.64. The number of carbonyl (C=O) groups is 3. The summed E-state index contributed by atoms with van der Waals surface area (Å²) in [6.45, 7) is 6.49. The van der Waals surface area contributed by atoms with E-state index >= 15 is 0 Å². The Hall–Kier alpha value is -2.57. The molecule has 0 spiro atoms. The summed E-state index contributed by atoms with van der Waals surface area (Å²) in [7, 11) is 0. The normalized spacial score (nSPS) is 27.2. The summed E-state index contributed by atoms with van der Waals surface area (Å²) < 4.78 is 10.6. The molecule has 3 amide bonds. The van der Waals surface area contributed by atoms with Crippen molar-refractivity contribution in [3.05, 3.63) is 18.2 Å². The summed E-state index contributed by atoms with van der Waals surface area (Å²) in [4.78, 5) is 39.4. The van der Waals surface area contributed by atoms with E-state index in [1.807, 2.05) is 20.8 Å². The Labute approximate surface area is 164 Å². The average molecular weight is 386 g/mol. The highest BCUT2D eigenvalue weighted by Crippen LogP contribution is 2.60. The molecule has 2 atom stereocenters. The molecule has 1 aromatic carbocycles. The van der Waals surface area contributed by atoms with Crippen LogP contribution >= 0.6 is 0 Å². The van der Waals surface area contributed by atoms with E-state index in [1.165, 1.54) is 4.90 Å². The molecule has 4 rings (SSSR count). The average Bonchev–Trinajstić information content (AvgIpc) is 3.17. The van der Waals surface area contributed by atoms with E-state index in [4.69, 9.17) is 9.47 Å². The van der Waals surface area contributed by atoms with Crippen molar-refractivity contribution in [2.24, 2.45) is 16.7 Å². The van der Waals surface area contributed by atoms with E-state index in [0.717, 1.165) is 12.8 Å². The molecule has 1 N–H and O–H groups in total. The molecule has 28 heavy (non-hydrogen) atoms. The van der Waals surface area contributed by atoms with Gasteiger partial charge in [-0.1, -0.05) is 20.8 Å². The third-order valence-electron chi connectivity index (χ3n) is 6.95. The van der Waals surface area contributed by atoms with Crippen LogP contribution in [0.2, 0.25) is 0 Å². The topological polar surface area (TPSA) is 84.9 Å². The number of hydrogen-bond acceptors (Lipinski definition) is 5. The highest BCUT2D eigenvalue weighted by atomic mass is 16.7. The Morgan fingerprint density at radius 1 is 1.21 bits per heavy atom. The smallest absolute Gasteiger partial charge is 0.235 e. The zero-order chi connectivity index (χ0) is 20.1. The molecule has 2 bridgehead atoms. The summed E-state index contributed by atoms with van der Waals surface area (Å²) >= 11 is 0. The minimum atomic E-state index is -0.500. The Morgan fingerprint density at radius 3 is 2.75 bits per heavy atom. The summed E-state index contributed by atoms with van der Waals surface area (Å²) in [6.07, 6.45) is 2.18. The lowest BCUT2D eigenvalue weighted by Crippen LogP contribution is -2.59. The number of nitrogens with one attached hydrogen (secondary N) is 1. The molecule has 1 saturated heterocycles. The number of likely N-dealkylation sites (tertiary alicyclic amines) is 1. The van der Waals surface area contributed by atoms with Crippen molar-refractivity contribution in [1.82, 2.24) is 4.90 Å². The molecule has 2 heterocycles. The number of fused-ring (bicyclic) bond motifs is 3. The van der Waals surface area contributed by atoms with Crippen LogP contribution in [0.25, 0.3) is 0 Å². The van der Waals surface area contributed by atoms with Gasteiger partial charge in [0, 0.05) is 30.6 Å². The number of piperidine rings is 1. The van der Waals surface area contributed by atoms with Crippen molar-refractivity contribution < 1.29 is 23.9 Å². The van der Waals surface area contributed by atoms with Crippen LogP contribution in [0.4, 0.5) is 5.69 Å². The van der Waals surface area contributed by atoms with Crippen molar-refractivity contribution in [3.63, 3.8) is 0 Å². The number of hydrogen-bond donors (Lipinski definition) is 1. The van der Waals surface area contributed by atoms with Gasteiger partial charge >= 0.3 is 0 Å². The van der Waals surface area contributed by atoms with Gasteiger partial charge in [-0.05, 0) is 36.8 Å². The van der Waals surface area contributed by atoms with Crippen LogP contribution in [0.15, 0.2) is 18.2 Å². The van der Waals surface area contributed by atoms with Gasteiger partial charge in [0.15, 0.2) is 11.5 Å². The fraction of sp³-hybridized carbons (Fsp3) is 0.571. The third kappa shape index (κ3) is 2.75. The maximum Gasteiger partial charge on any atom is 0.235 e. The van der Waals surface area contributed by atoms with Crippen LogP contribution in [-0.2, 0) is 14.4 Å². The summed E-state index contributed by atoms with van der Waals surface area (Å²) in [5.41, 5.74) is -0.180. The van der Waals surface area contributed by atoms with E-state index in [9.17, 15) is 14.4 Å². The van der Waals surface area contributed by atoms with E-state index in [0.29, 0.717) is 23.6 Å². The summed E-state index contributed by atoms with van der Waals surface area (Å²) in [6, 6.07) is 5.23. The lowest BCUT2D eigenvalue weighted by molar-refractivity contribution is -0.168. The van der Waals surface area contributed by atoms with Crippen molar-refractivity contribution in [1.29, 1.82) is 0 Å². The molecule has 0 radical (unpaired) electrons. The number of rotatable bonds is 5. The number of benzene rings is 1. The van der Waals surface area contributed by atoms with Gasteiger partial charge in [-0.15, -0.1) is 0 Å². The first kappa shape index (κ1) is 18.8. The second-order valence-corrected chi connectivity index (χ2v) is 8.66. The fourth-order valence-corrected chi connectivity index (χ4v) is 4.71. The van der Waals surface area contributed by atoms with Gasteiger partial charge in [0.05, 0.1) is 5.41 Å². The van der Waals surface area contributed by atoms with E-state index in [2.05, 4.69) is 5.32 Å². The predicted molar refractivity (Wildman–Crippen MR) is 102 cm³/mol. The zero-order valence-corrected chi connectivity index (χ0v) is 16.5. The van der Waals surface area contributed by atoms with Crippen LogP contribution in [0.1, 0.15) is 46.5 Å². The Bertz CT molecular complexity index is 849. The number of carbonyl (C=O) groups excluding carboxylic acids is 3. The number of ether oxygens (including phenoxy) is 2. The Morgan fingerprint density at radius 2 is 1.96 bits per heavy atom. The van der Waals surface area contributed by atoms with Gasteiger partial charge in [-0.3, -0.25) is 19.3 Å². The first-order valence-corrected chi connectivity index (χ1v) is 9.79. The molecule has 1 aromatic rings. The summed E-state index contributed by atoms with van der Waals surface area (Å²) in [5, 5.41) is 2.82. The Balaban J connectivity index is 1.33. The maximum absolute atomic E-state index is 13.0. The Kier molecular flexibility index (Phi) is 4.36. The molecule has 150 valence electrons. The first-order valence-electron chi connectivity index (χ1n) is 9.79. The maximum atomic E-state index is 13.0. The summed E-state index contributed by atoms with van der Waals surface area (Å²) in [5.74, 6) is 0.816. The van der Waals surface area contributed by atoms with Crippen molar-refractivity contribution >= 4 is 23.4 Å². The van der Waals surface area contributed by atoms with Crippen LogP contribution in [0.5, 0.6) is 11.5 Å². The molecule has 7 nitrogen and oxygen atoms in total. The van der Waals surface area contributed by atoms with Gasteiger partial charge in [0.1, 0.15) is 0 Å². The van der Waals surface area contributed by atoms with Crippen LogP contribution in [-0.4, -0.2) is 36.0 Å². The van der Waals surface area contributed by atoms with Crippen molar-refractivity contribution in [3.8, 4) is 11.5 Å². The van der Waals surface area contributed by atoms with E-state index in [-0.39, 0.29) is 48.8 Å². The van der Waals surface area contributed by atoms with Crippen molar-refractivity contribution in [2.75, 3.05) is 18.7 Å². The van der Waals surface area contributed by atoms with Gasteiger partial charge < -0.3 is 14.8 Å². The quantitative estimate of drug-likeness (QED) is 0.787. The first-order chi connectivity index (χ1) is 13.2. The lowest BCUT2D eigenvalue weighted by Gasteiger charge is -2.47. The van der Waals surface area contributed by atoms with Crippen LogP contribution < -0.4 is 14.8 Å². The minimum absolute atomic E-state index is 0.0823.